The number of hydrogen-bond acceptors (Lipinski definition) is 3. The van der Waals surface area contributed by atoms with E-state index in [0.717, 1.165) is 4.90 Å². The van der Waals surface area contributed by atoms with Gasteiger partial charge in [-0.05, 0) is 12.1 Å². The highest BCUT2D eigenvalue weighted by Gasteiger charge is 2.21. The zero-order valence-electron chi connectivity index (χ0n) is 8.81. The van der Waals surface area contributed by atoms with E-state index in [-0.39, 0.29) is 11.7 Å². The van der Waals surface area contributed by atoms with Crippen molar-refractivity contribution in [1.29, 1.82) is 5.26 Å². The van der Waals surface area contributed by atoms with Crippen LogP contribution in [0.4, 0.5) is 0 Å². The summed E-state index contributed by atoms with van der Waals surface area (Å²) in [6.45, 7) is 3.64. The van der Waals surface area contributed by atoms with E-state index in [9.17, 15) is 4.79 Å². The van der Waals surface area contributed by atoms with Crippen LogP contribution < -0.4 is 0 Å². The van der Waals surface area contributed by atoms with Gasteiger partial charge >= 0.3 is 0 Å². The van der Waals surface area contributed by atoms with E-state index in [1.54, 1.807) is 0 Å². The molecule has 0 radical (unpaired) electrons. The third-order valence-electron chi connectivity index (χ3n) is 1.94. The number of nitrogens with zero attached hydrogens (tertiary/aromatic N) is 1. The van der Waals surface area contributed by atoms with Gasteiger partial charge in [0.05, 0.1) is 6.07 Å². The van der Waals surface area contributed by atoms with E-state index in [0.29, 0.717) is 0 Å². The number of hydrogen-bond donors (Lipinski definition) is 0. The number of carbonyl (C=O) groups excluding carboxylic acids is 1. The summed E-state index contributed by atoms with van der Waals surface area (Å²) in [5.74, 6) is -0.0998. The van der Waals surface area contributed by atoms with Crippen LogP contribution >= 0.6 is 11.8 Å². The zero-order chi connectivity index (χ0) is 11.3. The second-order valence-corrected chi connectivity index (χ2v) is 4.68. The zero-order valence-corrected chi connectivity index (χ0v) is 9.62. The Morgan fingerprint density at radius 2 is 1.93 bits per heavy atom. The Labute approximate surface area is 94.3 Å². The van der Waals surface area contributed by atoms with Crippen molar-refractivity contribution in [3.05, 3.63) is 30.3 Å². The lowest BCUT2D eigenvalue weighted by Crippen LogP contribution is -2.20. The number of benzene rings is 1. The van der Waals surface area contributed by atoms with E-state index in [1.807, 2.05) is 50.2 Å². The maximum absolute atomic E-state index is 11.6. The molecular weight excluding hydrogens is 206 g/mol. The molecule has 0 N–H and O–H groups in total. The van der Waals surface area contributed by atoms with Gasteiger partial charge in [-0.25, -0.2) is 0 Å². The molecule has 0 amide bonds. The van der Waals surface area contributed by atoms with E-state index in [2.05, 4.69) is 0 Å². The molecule has 2 nitrogen and oxygen atoms in total. The highest BCUT2D eigenvalue weighted by Crippen LogP contribution is 2.24. The first kappa shape index (κ1) is 11.8. The highest BCUT2D eigenvalue weighted by atomic mass is 32.2. The van der Waals surface area contributed by atoms with Crippen molar-refractivity contribution in [1.82, 2.24) is 0 Å². The van der Waals surface area contributed by atoms with Gasteiger partial charge in [-0.2, -0.15) is 5.26 Å². The van der Waals surface area contributed by atoms with Crippen LogP contribution in [-0.2, 0) is 4.79 Å². The van der Waals surface area contributed by atoms with Gasteiger partial charge in [-0.3, -0.25) is 4.79 Å². The predicted octanol–water partition coefficient (Wildman–Crippen LogP) is 2.90. The van der Waals surface area contributed by atoms with E-state index < -0.39 is 5.25 Å². The molecule has 1 unspecified atom stereocenters. The Kier molecular flexibility index (Phi) is 4.38. The smallest absolute Gasteiger partial charge is 0.162 e. The molecule has 0 saturated heterocycles. The lowest BCUT2D eigenvalue weighted by molar-refractivity contribution is -0.120. The first-order valence-corrected chi connectivity index (χ1v) is 5.68. The SMILES string of the molecule is CC(C)C(=O)C(C#N)Sc1ccccc1. The van der Waals surface area contributed by atoms with Crippen molar-refractivity contribution >= 4 is 17.5 Å². The van der Waals surface area contributed by atoms with Crippen LogP contribution in [0.3, 0.4) is 0 Å². The molecule has 0 aliphatic carbocycles. The molecule has 3 heteroatoms. The van der Waals surface area contributed by atoms with Gasteiger partial charge in [0.2, 0.25) is 0 Å². The Hall–Kier alpha value is -1.27. The maximum Gasteiger partial charge on any atom is 0.162 e. The van der Waals surface area contributed by atoms with Crippen molar-refractivity contribution < 1.29 is 4.79 Å². The van der Waals surface area contributed by atoms with Crippen molar-refractivity contribution in [3.63, 3.8) is 0 Å². The second-order valence-electron chi connectivity index (χ2n) is 3.50. The largest absolute Gasteiger partial charge is 0.297 e. The van der Waals surface area contributed by atoms with Crippen LogP contribution in [0.2, 0.25) is 0 Å². The standard InChI is InChI=1S/C12H13NOS/c1-9(2)12(14)11(8-13)15-10-6-4-3-5-7-10/h3-7,9,11H,1-2H3. The predicted molar refractivity (Wildman–Crippen MR) is 61.5 cm³/mol. The highest BCUT2D eigenvalue weighted by molar-refractivity contribution is 8.00. The van der Waals surface area contributed by atoms with Gasteiger partial charge in [-0.1, -0.05) is 43.8 Å². The lowest BCUT2D eigenvalue weighted by atomic mass is 10.1. The van der Waals surface area contributed by atoms with Crippen LogP contribution in [0.1, 0.15) is 13.8 Å². The molecule has 15 heavy (non-hydrogen) atoms. The fraction of sp³-hybridized carbons (Fsp3) is 0.333. The molecule has 0 bridgehead atoms. The van der Waals surface area contributed by atoms with Gasteiger partial charge in [0.1, 0.15) is 0 Å². The minimum Gasteiger partial charge on any atom is -0.297 e. The maximum atomic E-state index is 11.6. The Morgan fingerprint density at radius 3 is 2.40 bits per heavy atom. The summed E-state index contributed by atoms with van der Waals surface area (Å²) in [4.78, 5) is 12.6. The van der Waals surface area contributed by atoms with Crippen LogP contribution in [0, 0.1) is 17.2 Å². The summed E-state index contributed by atoms with van der Waals surface area (Å²) in [5, 5.41) is 8.32. The van der Waals surface area contributed by atoms with E-state index >= 15 is 0 Å². The van der Waals surface area contributed by atoms with Crippen LogP contribution in [0.25, 0.3) is 0 Å². The summed E-state index contributed by atoms with van der Waals surface area (Å²) in [6.07, 6.45) is 0. The first-order valence-electron chi connectivity index (χ1n) is 4.80. The van der Waals surface area contributed by atoms with Gasteiger partial charge in [-0.15, -0.1) is 0 Å². The third-order valence-corrected chi connectivity index (χ3v) is 3.06. The number of nitriles is 1. The lowest BCUT2D eigenvalue weighted by Gasteiger charge is -2.09. The summed E-state index contributed by atoms with van der Waals surface area (Å²) in [7, 11) is 0. The summed E-state index contributed by atoms with van der Waals surface area (Å²) in [5.41, 5.74) is 0. The van der Waals surface area contributed by atoms with Gasteiger partial charge in [0.25, 0.3) is 0 Å². The average molecular weight is 219 g/mol. The van der Waals surface area contributed by atoms with E-state index in [4.69, 9.17) is 5.26 Å². The van der Waals surface area contributed by atoms with Crippen molar-refractivity contribution in [3.8, 4) is 6.07 Å². The molecule has 0 fully saturated rings. The van der Waals surface area contributed by atoms with Crippen molar-refractivity contribution in [2.24, 2.45) is 5.92 Å². The number of ketones is 1. The molecule has 1 rings (SSSR count). The van der Waals surface area contributed by atoms with Crippen LogP contribution in [-0.4, -0.2) is 11.0 Å². The average Bonchev–Trinajstić information content (AvgIpc) is 2.26. The summed E-state index contributed by atoms with van der Waals surface area (Å²) < 4.78 is 0. The topological polar surface area (TPSA) is 40.9 Å². The number of thioether (sulfide) groups is 1. The minimum atomic E-state index is -0.590. The third kappa shape index (κ3) is 3.41. The molecule has 78 valence electrons. The molecule has 0 saturated carbocycles. The van der Waals surface area contributed by atoms with E-state index in [1.165, 1.54) is 11.8 Å². The molecule has 0 heterocycles. The molecule has 1 aromatic carbocycles. The fourth-order valence-electron chi connectivity index (χ4n) is 1.09. The summed E-state index contributed by atoms with van der Waals surface area (Å²) >= 11 is 1.31. The number of carbonyl (C=O) groups is 1. The molecule has 1 atom stereocenters. The molecule has 0 aliphatic rings. The first-order chi connectivity index (χ1) is 7.15. The summed E-state index contributed by atoms with van der Waals surface area (Å²) in [6, 6.07) is 11.6. The quantitative estimate of drug-likeness (QED) is 0.731. The number of rotatable bonds is 4. The van der Waals surface area contributed by atoms with Crippen molar-refractivity contribution in [2.45, 2.75) is 24.0 Å². The fourth-order valence-corrected chi connectivity index (χ4v) is 2.11. The molecule has 0 aliphatic heterocycles. The van der Waals surface area contributed by atoms with Crippen LogP contribution in [0.15, 0.2) is 35.2 Å². The van der Waals surface area contributed by atoms with Gasteiger partial charge in [0, 0.05) is 10.8 Å². The monoisotopic (exact) mass is 219 g/mol. The van der Waals surface area contributed by atoms with Crippen molar-refractivity contribution in [2.75, 3.05) is 0 Å². The molecule has 0 aromatic heterocycles. The van der Waals surface area contributed by atoms with Gasteiger partial charge in [0.15, 0.2) is 11.0 Å². The Balaban J connectivity index is 2.72. The van der Waals surface area contributed by atoms with Crippen LogP contribution in [0.5, 0.6) is 0 Å². The molecule has 1 aromatic rings. The Bertz CT molecular complexity index is 367. The van der Waals surface area contributed by atoms with Gasteiger partial charge < -0.3 is 0 Å². The molecule has 0 spiro atoms. The Morgan fingerprint density at radius 1 is 1.33 bits per heavy atom. The molecular formula is C12H13NOS. The number of Topliss-reactive ketones (excluding diaryl/α,β-unsaturated/α-hetero) is 1. The minimum absolute atomic E-state index is 0.00801. The second kappa shape index (κ2) is 5.57. The normalized spacial score (nSPS) is 12.1.